The molecule has 0 saturated carbocycles. The molecule has 0 aliphatic carbocycles. The second-order valence-corrected chi connectivity index (χ2v) is 7.57. The molecule has 31 heavy (non-hydrogen) atoms. The molecule has 0 atom stereocenters. The predicted octanol–water partition coefficient (Wildman–Crippen LogP) is 4.65. The van der Waals surface area contributed by atoms with Crippen LogP contribution in [-0.4, -0.2) is 31.4 Å². The molecule has 0 spiro atoms. The highest BCUT2D eigenvalue weighted by atomic mass is 32.2. The van der Waals surface area contributed by atoms with Crippen molar-refractivity contribution in [2.75, 3.05) is 11.1 Å². The minimum absolute atomic E-state index is 0.0592. The molecule has 156 valence electrons. The molecule has 0 unspecified atom stereocenters. The molecule has 1 amide bonds. The van der Waals surface area contributed by atoms with Gasteiger partial charge in [-0.25, -0.2) is 8.78 Å². The molecular weight excluding hydrogens is 420 g/mol. The Morgan fingerprint density at radius 3 is 2.61 bits per heavy atom. The van der Waals surface area contributed by atoms with Crippen molar-refractivity contribution in [3.05, 3.63) is 84.2 Å². The number of amides is 1. The van der Waals surface area contributed by atoms with Crippen molar-refractivity contribution in [3.8, 4) is 17.1 Å². The van der Waals surface area contributed by atoms with Crippen molar-refractivity contribution in [2.24, 2.45) is 0 Å². The number of pyridine rings is 1. The number of rotatable bonds is 6. The largest absolute Gasteiger partial charge is 0.323 e. The number of para-hydroxylation sites is 1. The maximum Gasteiger partial charge on any atom is 0.234 e. The molecule has 0 saturated heterocycles. The smallest absolute Gasteiger partial charge is 0.234 e. The van der Waals surface area contributed by atoms with E-state index in [1.54, 1.807) is 12.4 Å². The highest BCUT2D eigenvalue weighted by Gasteiger charge is 2.19. The Hall–Kier alpha value is -3.59. The van der Waals surface area contributed by atoms with Gasteiger partial charge in [-0.15, -0.1) is 10.2 Å². The number of nitrogens with one attached hydrogen (secondary N) is 1. The summed E-state index contributed by atoms with van der Waals surface area (Å²) in [7, 11) is 0. The van der Waals surface area contributed by atoms with E-state index in [-0.39, 0.29) is 11.4 Å². The summed E-state index contributed by atoms with van der Waals surface area (Å²) in [6.07, 6.45) is 3.33. The number of carbonyl (C=O) groups excluding carboxylic acids is 1. The first-order valence-corrected chi connectivity index (χ1v) is 10.3. The van der Waals surface area contributed by atoms with Crippen LogP contribution >= 0.6 is 11.8 Å². The number of benzene rings is 2. The molecule has 4 rings (SSSR count). The van der Waals surface area contributed by atoms with E-state index < -0.39 is 17.5 Å². The fourth-order valence-electron chi connectivity index (χ4n) is 2.99. The fourth-order valence-corrected chi connectivity index (χ4v) is 3.74. The second kappa shape index (κ2) is 9.05. The van der Waals surface area contributed by atoms with Gasteiger partial charge in [0.15, 0.2) is 11.0 Å². The Morgan fingerprint density at radius 2 is 1.84 bits per heavy atom. The van der Waals surface area contributed by atoms with Gasteiger partial charge in [0.25, 0.3) is 0 Å². The van der Waals surface area contributed by atoms with Crippen molar-refractivity contribution in [1.29, 1.82) is 0 Å². The summed E-state index contributed by atoms with van der Waals surface area (Å²) in [6, 6.07) is 14.3. The van der Waals surface area contributed by atoms with Gasteiger partial charge in [-0.05, 0) is 42.8 Å². The van der Waals surface area contributed by atoms with E-state index in [0.717, 1.165) is 46.8 Å². The molecule has 2 aromatic carbocycles. The molecule has 0 fully saturated rings. The zero-order valence-electron chi connectivity index (χ0n) is 16.4. The SMILES string of the molecule is Cc1ccccc1-n1c(SCC(=O)Nc2cc(F)ccc2F)nnc1-c1ccncc1. The van der Waals surface area contributed by atoms with Gasteiger partial charge in [-0.2, -0.15) is 0 Å². The van der Waals surface area contributed by atoms with Crippen LogP contribution in [0.2, 0.25) is 0 Å². The number of nitrogens with zero attached hydrogens (tertiary/aromatic N) is 4. The molecule has 1 N–H and O–H groups in total. The molecule has 9 heteroatoms. The number of anilines is 1. The molecule has 2 heterocycles. The maximum atomic E-state index is 13.8. The highest BCUT2D eigenvalue weighted by Crippen LogP contribution is 2.29. The predicted molar refractivity (Wildman–Crippen MR) is 115 cm³/mol. The third-order valence-electron chi connectivity index (χ3n) is 4.46. The quantitative estimate of drug-likeness (QED) is 0.445. The van der Waals surface area contributed by atoms with Crippen LogP contribution in [0.1, 0.15) is 5.56 Å². The number of aromatic nitrogens is 4. The van der Waals surface area contributed by atoms with Gasteiger partial charge in [-0.3, -0.25) is 14.3 Å². The van der Waals surface area contributed by atoms with Crippen LogP contribution < -0.4 is 5.32 Å². The van der Waals surface area contributed by atoms with Crippen molar-refractivity contribution in [2.45, 2.75) is 12.1 Å². The molecule has 0 aliphatic heterocycles. The number of hydrogen-bond acceptors (Lipinski definition) is 5. The first kappa shape index (κ1) is 20.7. The van der Waals surface area contributed by atoms with E-state index in [1.165, 1.54) is 0 Å². The lowest BCUT2D eigenvalue weighted by atomic mass is 10.2. The lowest BCUT2D eigenvalue weighted by molar-refractivity contribution is -0.113. The molecule has 4 aromatic rings. The fraction of sp³-hybridized carbons (Fsp3) is 0.0909. The van der Waals surface area contributed by atoms with Gasteiger partial charge in [0.1, 0.15) is 11.6 Å². The van der Waals surface area contributed by atoms with Gasteiger partial charge >= 0.3 is 0 Å². The minimum atomic E-state index is -0.706. The maximum absolute atomic E-state index is 13.8. The van der Waals surface area contributed by atoms with Crippen LogP contribution in [0.15, 0.2) is 72.1 Å². The van der Waals surface area contributed by atoms with Crippen LogP contribution in [0.4, 0.5) is 14.5 Å². The van der Waals surface area contributed by atoms with E-state index in [9.17, 15) is 13.6 Å². The van der Waals surface area contributed by atoms with Gasteiger partial charge < -0.3 is 5.32 Å². The number of thioether (sulfide) groups is 1. The van der Waals surface area contributed by atoms with E-state index in [1.807, 2.05) is 47.9 Å². The van der Waals surface area contributed by atoms with Gasteiger partial charge in [0.05, 0.1) is 17.1 Å². The Bertz CT molecular complexity index is 1230. The third-order valence-corrected chi connectivity index (χ3v) is 5.39. The van der Waals surface area contributed by atoms with E-state index in [4.69, 9.17) is 0 Å². The summed E-state index contributed by atoms with van der Waals surface area (Å²) in [5.74, 6) is -1.28. The standard InChI is InChI=1S/C22H17F2N5OS/c1-14-4-2-3-5-19(14)29-21(15-8-10-25-11-9-15)27-28-22(29)31-13-20(30)26-18-12-16(23)6-7-17(18)24/h2-12H,13H2,1H3,(H,26,30). The van der Waals surface area contributed by atoms with Crippen LogP contribution in [0.5, 0.6) is 0 Å². The van der Waals surface area contributed by atoms with Gasteiger partial charge in [0.2, 0.25) is 5.91 Å². The first-order valence-electron chi connectivity index (χ1n) is 9.32. The number of aryl methyl sites for hydroxylation is 1. The molecule has 0 aliphatic rings. The molecular formula is C22H17F2N5OS. The topological polar surface area (TPSA) is 72.7 Å². The Kier molecular flexibility index (Phi) is 6.03. The van der Waals surface area contributed by atoms with E-state index >= 15 is 0 Å². The van der Waals surface area contributed by atoms with Crippen molar-refractivity contribution in [3.63, 3.8) is 0 Å². The summed E-state index contributed by atoms with van der Waals surface area (Å²) in [5.41, 5.74) is 2.50. The summed E-state index contributed by atoms with van der Waals surface area (Å²) < 4.78 is 29.0. The molecule has 0 radical (unpaired) electrons. The number of hydrogen-bond donors (Lipinski definition) is 1. The van der Waals surface area contributed by atoms with Crippen LogP contribution in [0, 0.1) is 18.6 Å². The van der Waals surface area contributed by atoms with Crippen molar-refractivity contribution >= 4 is 23.4 Å². The average Bonchev–Trinajstić information content (AvgIpc) is 3.19. The minimum Gasteiger partial charge on any atom is -0.323 e. The Labute approximate surface area is 181 Å². The van der Waals surface area contributed by atoms with E-state index in [0.29, 0.717) is 11.0 Å². The summed E-state index contributed by atoms with van der Waals surface area (Å²) >= 11 is 1.15. The molecule has 0 bridgehead atoms. The van der Waals surface area contributed by atoms with Gasteiger partial charge in [-0.1, -0.05) is 30.0 Å². The lowest BCUT2D eigenvalue weighted by Gasteiger charge is -2.13. The monoisotopic (exact) mass is 437 g/mol. The normalized spacial score (nSPS) is 10.8. The Morgan fingerprint density at radius 1 is 1.06 bits per heavy atom. The number of halogens is 2. The zero-order chi connectivity index (χ0) is 21.8. The third kappa shape index (κ3) is 4.61. The van der Waals surface area contributed by atoms with Crippen molar-refractivity contribution < 1.29 is 13.6 Å². The first-order chi connectivity index (χ1) is 15.0. The summed E-state index contributed by atoms with van der Waals surface area (Å²) in [5, 5.41) is 11.5. The average molecular weight is 437 g/mol. The highest BCUT2D eigenvalue weighted by molar-refractivity contribution is 7.99. The lowest BCUT2D eigenvalue weighted by Crippen LogP contribution is -2.15. The Balaban J connectivity index is 1.61. The van der Waals surface area contributed by atoms with Crippen LogP contribution in [-0.2, 0) is 4.79 Å². The van der Waals surface area contributed by atoms with Crippen LogP contribution in [0.25, 0.3) is 17.1 Å². The van der Waals surface area contributed by atoms with Gasteiger partial charge in [0, 0.05) is 24.0 Å². The molecule has 6 nitrogen and oxygen atoms in total. The van der Waals surface area contributed by atoms with E-state index in [2.05, 4.69) is 20.5 Å². The zero-order valence-corrected chi connectivity index (χ0v) is 17.2. The van der Waals surface area contributed by atoms with Crippen molar-refractivity contribution in [1.82, 2.24) is 19.7 Å². The molecule has 2 aromatic heterocycles. The summed E-state index contributed by atoms with van der Waals surface area (Å²) in [6.45, 7) is 1.97. The summed E-state index contributed by atoms with van der Waals surface area (Å²) in [4.78, 5) is 16.4. The second-order valence-electron chi connectivity index (χ2n) is 6.62. The van der Waals surface area contributed by atoms with Crippen LogP contribution in [0.3, 0.4) is 0 Å². The number of carbonyl (C=O) groups is 1.